The summed E-state index contributed by atoms with van der Waals surface area (Å²) in [5, 5.41) is 11.1. The first-order chi connectivity index (χ1) is 21.7. The molecule has 46 heavy (non-hydrogen) atoms. The summed E-state index contributed by atoms with van der Waals surface area (Å²) in [4.78, 5) is 55.6. The largest absolute Gasteiger partial charge is 0.472 e. The van der Waals surface area contributed by atoms with Crippen LogP contribution in [0.5, 0.6) is 0 Å². The van der Waals surface area contributed by atoms with Gasteiger partial charge in [0.25, 0.3) is 11.1 Å². The molecule has 3 saturated heterocycles. The first-order valence-corrected chi connectivity index (χ1v) is 16.8. The van der Waals surface area contributed by atoms with Gasteiger partial charge in [0, 0.05) is 6.66 Å². The lowest BCUT2D eigenvalue weighted by molar-refractivity contribution is -0.0627. The minimum absolute atomic E-state index is 0.0785. The number of phosphoric acid groups is 1. The quantitative estimate of drug-likeness (QED) is 0.132. The Hall–Kier alpha value is -3.63. The van der Waals surface area contributed by atoms with Gasteiger partial charge >= 0.3 is 15.4 Å². The maximum Gasteiger partial charge on any atom is 0.472 e. The highest BCUT2D eigenvalue weighted by atomic mass is 31.2. The van der Waals surface area contributed by atoms with Crippen LogP contribution < -0.4 is 22.6 Å². The lowest BCUT2D eigenvalue weighted by Gasteiger charge is -2.26. The minimum Gasteiger partial charge on any atom is -0.387 e. The van der Waals surface area contributed by atoms with E-state index in [1.54, 1.807) is 0 Å². The van der Waals surface area contributed by atoms with Gasteiger partial charge in [-0.05, 0) is 0 Å². The molecule has 0 aliphatic carbocycles. The Morgan fingerprint density at radius 1 is 0.891 bits per heavy atom. The highest BCUT2D eigenvalue weighted by Gasteiger charge is 2.54. The van der Waals surface area contributed by atoms with E-state index in [1.165, 1.54) is 4.57 Å². The van der Waals surface area contributed by atoms with Gasteiger partial charge in [-0.3, -0.25) is 46.8 Å². The Bertz CT molecular complexity index is 2050. The van der Waals surface area contributed by atoms with Crippen LogP contribution in [0.2, 0.25) is 0 Å². The van der Waals surface area contributed by atoms with Crippen molar-refractivity contribution in [2.75, 3.05) is 31.3 Å². The number of fused-ring (bicyclic) bond motifs is 5. The second-order valence-electron chi connectivity index (χ2n) is 10.6. The van der Waals surface area contributed by atoms with E-state index in [1.807, 2.05) is 0 Å². The summed E-state index contributed by atoms with van der Waals surface area (Å²) in [6, 6.07) is 0. The molecule has 0 saturated carbocycles. The number of alkyl halides is 1. The van der Waals surface area contributed by atoms with Crippen molar-refractivity contribution in [2.45, 2.75) is 49.1 Å². The molecule has 4 aromatic heterocycles. The molecule has 8 N–H and O–H groups in total. The molecule has 10 atom stereocenters. The fourth-order valence-corrected chi connectivity index (χ4v) is 7.55. The zero-order chi connectivity index (χ0) is 32.7. The Labute approximate surface area is 253 Å². The normalized spacial score (nSPS) is 37.1. The minimum atomic E-state index is -5.14. The van der Waals surface area contributed by atoms with Crippen molar-refractivity contribution in [3.8, 4) is 0 Å². The van der Waals surface area contributed by atoms with Crippen molar-refractivity contribution < 1.29 is 51.1 Å². The van der Waals surface area contributed by atoms with Crippen molar-refractivity contribution in [3.63, 3.8) is 0 Å². The zero-order valence-corrected chi connectivity index (χ0v) is 25.1. The molecule has 3 aliphatic rings. The Balaban J connectivity index is 1.21. The molecule has 0 spiro atoms. The third kappa shape index (κ3) is 5.33. The number of phosphoric ester groups is 1. The van der Waals surface area contributed by atoms with Gasteiger partial charge in [-0.25, -0.2) is 18.9 Å². The number of aromatic amines is 2. The van der Waals surface area contributed by atoms with E-state index in [9.17, 15) is 28.7 Å². The first kappa shape index (κ1) is 31.0. The van der Waals surface area contributed by atoms with E-state index < -0.39 is 88.9 Å². The molecule has 3 fully saturated rings. The number of aromatic nitrogens is 8. The summed E-state index contributed by atoms with van der Waals surface area (Å²) in [6.07, 6.45) is -11.0. The van der Waals surface area contributed by atoms with Crippen LogP contribution in [0, 0.1) is 0 Å². The van der Waals surface area contributed by atoms with Crippen LogP contribution in [0.1, 0.15) is 12.5 Å². The number of nitrogens with two attached hydrogens (primary N) is 2. The van der Waals surface area contributed by atoms with Crippen LogP contribution in [0.3, 0.4) is 0 Å². The van der Waals surface area contributed by atoms with Crippen molar-refractivity contribution in [3.05, 3.63) is 33.4 Å². The average Bonchev–Trinajstić information content (AvgIpc) is 3.72. The number of anilines is 2. The summed E-state index contributed by atoms with van der Waals surface area (Å²) in [5.41, 5.74) is 9.36. The maximum atomic E-state index is 16.0. The van der Waals surface area contributed by atoms with Gasteiger partial charge in [0.05, 0.1) is 25.9 Å². The molecule has 25 heteroatoms. The number of hydrogen-bond donors (Lipinski definition) is 6. The van der Waals surface area contributed by atoms with Gasteiger partial charge in [0.1, 0.15) is 30.5 Å². The van der Waals surface area contributed by atoms with Gasteiger partial charge in [-0.1, -0.05) is 0 Å². The number of nitrogens with one attached hydrogen (secondary N) is 2. The smallest absolute Gasteiger partial charge is 0.387 e. The lowest BCUT2D eigenvalue weighted by atomic mass is 10.1. The van der Waals surface area contributed by atoms with Crippen molar-refractivity contribution in [2.24, 2.45) is 0 Å². The molecule has 7 rings (SSSR count). The molecule has 248 valence electrons. The van der Waals surface area contributed by atoms with Gasteiger partial charge < -0.3 is 35.5 Å². The van der Waals surface area contributed by atoms with Crippen LogP contribution in [-0.2, 0) is 36.7 Å². The number of nitrogen functional groups attached to an aromatic ring is 2. The van der Waals surface area contributed by atoms with Gasteiger partial charge in [0.2, 0.25) is 11.9 Å². The number of halogens is 1. The maximum absolute atomic E-state index is 16.0. The fourth-order valence-electron chi connectivity index (χ4n) is 5.44. The Morgan fingerprint density at radius 3 is 2.04 bits per heavy atom. The van der Waals surface area contributed by atoms with Crippen molar-refractivity contribution in [1.82, 2.24) is 39.0 Å². The monoisotopic (exact) mass is 690 g/mol. The summed E-state index contributed by atoms with van der Waals surface area (Å²) < 4.78 is 78.0. The Morgan fingerprint density at radius 2 is 1.43 bits per heavy atom. The standard InChI is InChI=1S/C21H25FN10O12P2/c1-45(36)39-3-7-12(8(22)18(42-7)31-4-25-9-14(31)27-20(23)29-16(9)34)44-46(37,38)40-2-6-11(33)13(43-45)19(41-6)32-5-26-10-15(32)28-21(24)30-17(10)35/h4-8,11-13,18-19,33H,2-3H2,1H3,(H,37,38)(H3,23,27,29,34)(H3,24,28,30,35)/t6-,7-,8+,11?,12?,13+,18-,19-,45?/m1/s1. The predicted octanol–water partition coefficient (Wildman–Crippen LogP) is -1.35. The molecule has 7 heterocycles. The van der Waals surface area contributed by atoms with Crippen LogP contribution in [0.4, 0.5) is 16.3 Å². The van der Waals surface area contributed by atoms with E-state index in [0.29, 0.717) is 0 Å². The molecule has 0 radical (unpaired) electrons. The number of imidazole rings is 2. The molecule has 0 aromatic carbocycles. The number of hydrogen-bond acceptors (Lipinski definition) is 17. The van der Waals surface area contributed by atoms with E-state index in [2.05, 4.69) is 29.9 Å². The molecule has 22 nitrogen and oxygen atoms in total. The van der Waals surface area contributed by atoms with E-state index in [4.69, 9.17) is 39.0 Å². The molecular formula is C21H25FN10O12P2. The summed E-state index contributed by atoms with van der Waals surface area (Å²) in [6.45, 7) is -0.473. The number of aliphatic hydroxyl groups excluding tert-OH is 1. The van der Waals surface area contributed by atoms with Crippen molar-refractivity contribution in [1.29, 1.82) is 0 Å². The summed E-state index contributed by atoms with van der Waals surface area (Å²) in [7, 11) is -9.33. The highest BCUT2D eigenvalue weighted by molar-refractivity contribution is 7.53. The van der Waals surface area contributed by atoms with Crippen LogP contribution >= 0.6 is 15.4 Å². The zero-order valence-electron chi connectivity index (χ0n) is 23.3. The Kier molecular flexibility index (Phi) is 7.40. The average molecular weight is 690 g/mol. The second-order valence-corrected chi connectivity index (χ2v) is 14.0. The topological polar surface area (TPSA) is 309 Å². The third-order valence-electron chi connectivity index (χ3n) is 7.47. The third-order valence-corrected chi connectivity index (χ3v) is 9.70. The van der Waals surface area contributed by atoms with E-state index in [-0.39, 0.29) is 34.2 Å². The number of ether oxygens (including phenoxy) is 2. The number of H-pyrrole nitrogens is 2. The molecular weight excluding hydrogens is 665 g/mol. The molecule has 4 aromatic rings. The van der Waals surface area contributed by atoms with Gasteiger partial charge in [-0.2, -0.15) is 9.97 Å². The van der Waals surface area contributed by atoms with Crippen molar-refractivity contribution >= 4 is 49.6 Å². The SMILES string of the molecule is CP1(=O)OC[C@H]2O[C@@H](n3cnc4c(=O)[nH]c(N)nc43)[C@@H](F)C2OP(=O)(O)OC[C@H]2O[C@@H](n3cnc4c(=O)[nH]c(N)nc43)[C@@H](O1)C2O. The molecule has 3 aliphatic heterocycles. The van der Waals surface area contributed by atoms with E-state index >= 15 is 4.39 Å². The number of rotatable bonds is 2. The van der Waals surface area contributed by atoms with E-state index in [0.717, 1.165) is 23.9 Å². The number of aliphatic hydroxyl groups is 1. The fraction of sp³-hybridized carbons (Fsp3) is 0.524. The first-order valence-electron chi connectivity index (χ1n) is 13.4. The number of nitrogens with zero attached hydrogens (tertiary/aromatic N) is 6. The molecule has 2 bridgehead atoms. The summed E-state index contributed by atoms with van der Waals surface area (Å²) >= 11 is 0. The van der Waals surface area contributed by atoms with Gasteiger partial charge in [-0.15, -0.1) is 0 Å². The molecule has 0 amide bonds. The van der Waals surface area contributed by atoms with Crippen LogP contribution in [-0.4, -0.2) is 106 Å². The lowest BCUT2D eigenvalue weighted by Crippen LogP contribution is -2.35. The summed E-state index contributed by atoms with van der Waals surface area (Å²) in [5.74, 6) is -0.551. The highest BCUT2D eigenvalue weighted by Crippen LogP contribution is 2.54. The van der Waals surface area contributed by atoms with Crippen LogP contribution in [0.15, 0.2) is 22.2 Å². The van der Waals surface area contributed by atoms with Gasteiger partial charge in [0.15, 0.2) is 41.0 Å². The van der Waals surface area contributed by atoms with Crippen LogP contribution in [0.25, 0.3) is 22.3 Å². The predicted molar refractivity (Wildman–Crippen MR) is 149 cm³/mol. The second kappa shape index (κ2) is 11.0. The molecule has 4 unspecified atom stereocenters.